The van der Waals surface area contributed by atoms with Crippen LogP contribution in [0.25, 0.3) is 0 Å². The highest BCUT2D eigenvalue weighted by Gasteiger charge is 2.44. The predicted octanol–water partition coefficient (Wildman–Crippen LogP) is -4.59. The smallest absolute Gasteiger partial charge is 0.186 e. The third-order valence-corrected chi connectivity index (χ3v) is 2.60. The lowest BCUT2D eigenvalue weighted by Gasteiger charge is -2.39. The second-order valence-electron chi connectivity index (χ2n) is 4.08. The van der Waals surface area contributed by atoms with Crippen LogP contribution in [-0.4, -0.2) is 82.1 Å². The first-order chi connectivity index (χ1) is 8.01. The largest absolute Gasteiger partial charge is 0.394 e. The van der Waals surface area contributed by atoms with Crippen LogP contribution in [0.3, 0.4) is 0 Å². The van der Waals surface area contributed by atoms with Gasteiger partial charge in [-0.15, -0.1) is 0 Å². The van der Waals surface area contributed by atoms with Crippen molar-refractivity contribution >= 4 is 0 Å². The lowest BCUT2D eigenvalue weighted by Crippen LogP contribution is -2.66. The molecule has 0 aromatic carbocycles. The summed E-state index contributed by atoms with van der Waals surface area (Å²) in [7, 11) is 0. The molecular weight excluding hydrogens is 234 g/mol. The average Bonchev–Trinajstić information content (AvgIpc) is 2.34. The van der Waals surface area contributed by atoms with Crippen LogP contribution < -0.4 is 5.73 Å². The quantitative estimate of drug-likeness (QED) is 0.289. The van der Waals surface area contributed by atoms with Gasteiger partial charge in [-0.3, -0.25) is 0 Å². The molecule has 0 aromatic rings. The van der Waals surface area contributed by atoms with Gasteiger partial charge in [0.05, 0.1) is 13.2 Å². The molecular formula is C9H20NO7+. The molecule has 0 amide bonds. The number of rotatable bonds is 5. The summed E-state index contributed by atoms with van der Waals surface area (Å²) in [5.74, 6) is 0. The zero-order valence-corrected chi connectivity index (χ0v) is 9.35. The number of hydrogen-bond acceptors (Lipinski definition) is 7. The number of aliphatic hydroxyl groups excluding tert-OH is 5. The summed E-state index contributed by atoms with van der Waals surface area (Å²) in [4.78, 5) is 0. The normalized spacial score (nSPS) is 40.2. The molecule has 0 radical (unpaired) electrons. The summed E-state index contributed by atoms with van der Waals surface area (Å²) < 4.78 is 10.2. The SMILES string of the molecule is [NH3+][C@H](CO)CO[C@@H]1O[C@H](CO)[C@@H](O)[C@H](O)[C@H]1O. The van der Waals surface area contributed by atoms with E-state index >= 15 is 0 Å². The summed E-state index contributed by atoms with van der Waals surface area (Å²) >= 11 is 0. The molecule has 1 aliphatic heterocycles. The van der Waals surface area contributed by atoms with Crippen molar-refractivity contribution in [1.82, 2.24) is 0 Å². The van der Waals surface area contributed by atoms with Crippen LogP contribution in [0.15, 0.2) is 0 Å². The highest BCUT2D eigenvalue weighted by Crippen LogP contribution is 2.21. The van der Waals surface area contributed by atoms with Gasteiger partial charge in [0, 0.05) is 0 Å². The van der Waals surface area contributed by atoms with E-state index in [1.165, 1.54) is 0 Å². The number of quaternary nitrogens is 1. The highest BCUT2D eigenvalue weighted by molar-refractivity contribution is 4.88. The molecule has 1 fully saturated rings. The zero-order chi connectivity index (χ0) is 13.0. The van der Waals surface area contributed by atoms with Crippen molar-refractivity contribution in [1.29, 1.82) is 0 Å². The topological polar surface area (TPSA) is 147 Å². The van der Waals surface area contributed by atoms with Gasteiger partial charge in [-0.05, 0) is 0 Å². The summed E-state index contributed by atoms with van der Waals surface area (Å²) in [5.41, 5.74) is 3.57. The Balaban J connectivity index is 2.53. The predicted molar refractivity (Wildman–Crippen MR) is 53.5 cm³/mol. The van der Waals surface area contributed by atoms with Gasteiger partial charge in [0.25, 0.3) is 0 Å². The fourth-order valence-electron chi connectivity index (χ4n) is 1.49. The molecule has 1 saturated heterocycles. The lowest BCUT2D eigenvalue weighted by molar-refractivity contribution is -0.439. The van der Waals surface area contributed by atoms with Crippen molar-refractivity contribution in [3.8, 4) is 0 Å². The van der Waals surface area contributed by atoms with E-state index in [-0.39, 0.29) is 19.3 Å². The molecule has 1 aliphatic rings. The van der Waals surface area contributed by atoms with Gasteiger partial charge >= 0.3 is 0 Å². The van der Waals surface area contributed by atoms with Gasteiger partial charge in [-0.2, -0.15) is 0 Å². The van der Waals surface area contributed by atoms with Crippen molar-refractivity contribution in [2.24, 2.45) is 0 Å². The van der Waals surface area contributed by atoms with Crippen LogP contribution in [0.4, 0.5) is 0 Å². The first-order valence-electron chi connectivity index (χ1n) is 5.37. The van der Waals surface area contributed by atoms with Crippen molar-refractivity contribution < 1.29 is 40.7 Å². The first kappa shape index (κ1) is 14.7. The third kappa shape index (κ3) is 3.57. The monoisotopic (exact) mass is 254 g/mol. The first-order valence-corrected chi connectivity index (χ1v) is 5.37. The van der Waals surface area contributed by atoms with Crippen LogP contribution in [-0.2, 0) is 9.47 Å². The number of ether oxygens (including phenoxy) is 2. The van der Waals surface area contributed by atoms with Crippen LogP contribution in [0.1, 0.15) is 0 Å². The standard InChI is InChI=1S/C9H19NO7/c10-4(1-11)3-16-9-8(15)7(14)6(13)5(2-12)17-9/h4-9,11-15H,1-3,10H2/p+1/t4-,5-,6-,7+,8-,9-/m1/s1. The maximum absolute atomic E-state index is 9.58. The molecule has 8 N–H and O–H groups in total. The Bertz CT molecular complexity index is 227. The Kier molecular flexibility index (Phi) is 5.70. The number of aliphatic hydroxyl groups is 5. The second kappa shape index (κ2) is 6.57. The van der Waals surface area contributed by atoms with Crippen LogP contribution in [0, 0.1) is 0 Å². The van der Waals surface area contributed by atoms with Crippen molar-refractivity contribution in [2.75, 3.05) is 19.8 Å². The fraction of sp³-hybridized carbons (Fsp3) is 1.00. The molecule has 102 valence electrons. The van der Waals surface area contributed by atoms with Gasteiger partial charge < -0.3 is 40.7 Å². The maximum Gasteiger partial charge on any atom is 0.186 e. The fourth-order valence-corrected chi connectivity index (χ4v) is 1.49. The van der Waals surface area contributed by atoms with Crippen LogP contribution in [0.5, 0.6) is 0 Å². The van der Waals surface area contributed by atoms with E-state index in [4.69, 9.17) is 19.7 Å². The molecule has 0 unspecified atom stereocenters. The summed E-state index contributed by atoms with van der Waals surface area (Å²) in [6.45, 7) is -0.658. The Morgan fingerprint density at radius 3 is 2.29 bits per heavy atom. The Labute approximate surface area is 98.2 Å². The molecule has 6 atom stereocenters. The van der Waals surface area contributed by atoms with Gasteiger partial charge in [0.15, 0.2) is 6.29 Å². The summed E-state index contributed by atoms with van der Waals surface area (Å²) in [6, 6.07) is -0.387. The third-order valence-electron chi connectivity index (χ3n) is 2.60. The number of hydrogen-bond donors (Lipinski definition) is 6. The van der Waals surface area contributed by atoms with Gasteiger partial charge in [0.2, 0.25) is 0 Å². The maximum atomic E-state index is 9.58. The molecule has 0 spiro atoms. The van der Waals surface area contributed by atoms with E-state index < -0.39 is 37.3 Å². The van der Waals surface area contributed by atoms with Gasteiger partial charge in [-0.25, -0.2) is 0 Å². The van der Waals surface area contributed by atoms with Crippen molar-refractivity contribution in [2.45, 2.75) is 36.7 Å². The minimum absolute atomic E-state index is 0.0270. The summed E-state index contributed by atoms with van der Waals surface area (Å²) in [6.07, 6.45) is -6.43. The van der Waals surface area contributed by atoms with E-state index in [0.717, 1.165) is 0 Å². The van der Waals surface area contributed by atoms with Gasteiger partial charge in [-0.1, -0.05) is 0 Å². The van der Waals surface area contributed by atoms with E-state index in [0.29, 0.717) is 0 Å². The van der Waals surface area contributed by atoms with Crippen molar-refractivity contribution in [3.05, 3.63) is 0 Å². The summed E-state index contributed by atoms with van der Waals surface area (Å²) in [5, 5.41) is 46.2. The Hall–Kier alpha value is -0.320. The molecule has 8 nitrogen and oxygen atoms in total. The zero-order valence-electron chi connectivity index (χ0n) is 9.35. The molecule has 0 aromatic heterocycles. The Morgan fingerprint density at radius 1 is 1.12 bits per heavy atom. The van der Waals surface area contributed by atoms with Crippen LogP contribution in [0.2, 0.25) is 0 Å². The molecule has 8 heteroatoms. The minimum atomic E-state index is -1.46. The highest BCUT2D eigenvalue weighted by atomic mass is 16.7. The van der Waals surface area contributed by atoms with Crippen molar-refractivity contribution in [3.63, 3.8) is 0 Å². The van der Waals surface area contributed by atoms with E-state index in [9.17, 15) is 15.3 Å². The van der Waals surface area contributed by atoms with E-state index in [1.807, 2.05) is 0 Å². The molecule has 0 aliphatic carbocycles. The molecule has 17 heavy (non-hydrogen) atoms. The molecule has 0 saturated carbocycles. The second-order valence-corrected chi connectivity index (χ2v) is 4.08. The van der Waals surface area contributed by atoms with E-state index in [2.05, 4.69) is 5.73 Å². The average molecular weight is 254 g/mol. The molecule has 1 rings (SSSR count). The van der Waals surface area contributed by atoms with Crippen LogP contribution >= 0.6 is 0 Å². The lowest BCUT2D eigenvalue weighted by atomic mass is 9.99. The van der Waals surface area contributed by atoms with E-state index in [1.54, 1.807) is 0 Å². The van der Waals surface area contributed by atoms with Gasteiger partial charge in [0.1, 0.15) is 37.1 Å². The minimum Gasteiger partial charge on any atom is -0.394 e. The Morgan fingerprint density at radius 2 is 1.76 bits per heavy atom. The molecule has 0 bridgehead atoms. The molecule has 1 heterocycles.